The number of aryl methyl sites for hydroxylation is 1. The van der Waals surface area contributed by atoms with E-state index in [0.29, 0.717) is 22.9 Å². The van der Waals surface area contributed by atoms with Gasteiger partial charge in [-0.3, -0.25) is 9.78 Å². The third-order valence-electron chi connectivity index (χ3n) is 3.21. The highest BCUT2D eigenvalue weighted by Crippen LogP contribution is 2.26. The van der Waals surface area contributed by atoms with E-state index in [1.54, 1.807) is 49.6 Å². The number of nitrogens with one attached hydrogen (secondary N) is 1. The smallest absolute Gasteiger partial charge is 0.266 e. The van der Waals surface area contributed by atoms with Crippen LogP contribution in [0.2, 0.25) is 0 Å². The minimum absolute atomic E-state index is 0.0956. The van der Waals surface area contributed by atoms with Gasteiger partial charge in [0.05, 0.1) is 6.20 Å². The Labute approximate surface area is 132 Å². The van der Waals surface area contributed by atoms with Crippen molar-refractivity contribution in [3.63, 3.8) is 0 Å². The van der Waals surface area contributed by atoms with Crippen LogP contribution in [0.25, 0.3) is 11.1 Å². The number of benzene rings is 1. The first-order valence-electron chi connectivity index (χ1n) is 6.85. The highest BCUT2D eigenvalue weighted by Gasteiger charge is 2.10. The third kappa shape index (κ3) is 3.09. The van der Waals surface area contributed by atoms with Gasteiger partial charge >= 0.3 is 0 Å². The van der Waals surface area contributed by atoms with E-state index in [2.05, 4.69) is 15.0 Å². The van der Waals surface area contributed by atoms with Gasteiger partial charge in [0.15, 0.2) is 0 Å². The zero-order chi connectivity index (χ0) is 16.2. The second-order valence-corrected chi connectivity index (χ2v) is 4.85. The summed E-state index contributed by atoms with van der Waals surface area (Å²) in [5.74, 6) is 0.985. The number of nitriles is 1. The Morgan fingerprint density at radius 3 is 2.65 bits per heavy atom. The molecule has 23 heavy (non-hydrogen) atoms. The van der Waals surface area contributed by atoms with Crippen molar-refractivity contribution in [3.05, 3.63) is 70.5 Å². The van der Waals surface area contributed by atoms with E-state index < -0.39 is 0 Å². The third-order valence-corrected chi connectivity index (χ3v) is 3.21. The average Bonchev–Trinajstić information content (AvgIpc) is 2.56. The summed E-state index contributed by atoms with van der Waals surface area (Å²) in [6.07, 6.45) is 4.62. The van der Waals surface area contributed by atoms with Crippen LogP contribution in [0, 0.1) is 18.3 Å². The molecule has 0 fully saturated rings. The number of H-pyrrole nitrogens is 1. The van der Waals surface area contributed by atoms with Gasteiger partial charge in [0.25, 0.3) is 5.56 Å². The number of aromatic amines is 1. The number of rotatable bonds is 3. The van der Waals surface area contributed by atoms with E-state index in [0.717, 1.165) is 5.56 Å². The monoisotopic (exact) mass is 304 g/mol. The molecule has 0 aliphatic rings. The molecule has 0 saturated heterocycles. The highest BCUT2D eigenvalue weighted by molar-refractivity contribution is 5.70. The predicted octanol–water partition coefficient (Wildman–Crippen LogP) is 2.80. The van der Waals surface area contributed by atoms with Gasteiger partial charge in [-0.1, -0.05) is 12.1 Å². The van der Waals surface area contributed by atoms with Crippen LogP contribution in [0.5, 0.6) is 11.6 Å². The predicted molar refractivity (Wildman–Crippen MR) is 84.1 cm³/mol. The van der Waals surface area contributed by atoms with Crippen LogP contribution < -0.4 is 10.3 Å². The van der Waals surface area contributed by atoms with E-state index in [1.165, 1.54) is 6.20 Å². The second-order valence-electron chi connectivity index (χ2n) is 4.85. The minimum atomic E-state index is -0.387. The zero-order valence-corrected chi connectivity index (χ0v) is 12.3. The Morgan fingerprint density at radius 1 is 1.22 bits per heavy atom. The Bertz CT molecular complexity index is 926. The Morgan fingerprint density at radius 2 is 2.00 bits per heavy atom. The van der Waals surface area contributed by atoms with Crippen molar-refractivity contribution in [3.8, 4) is 28.8 Å². The molecule has 0 spiro atoms. The summed E-state index contributed by atoms with van der Waals surface area (Å²) in [6.45, 7) is 1.78. The first-order chi connectivity index (χ1) is 11.2. The fourth-order valence-corrected chi connectivity index (χ4v) is 2.19. The van der Waals surface area contributed by atoms with Crippen LogP contribution in [0.3, 0.4) is 0 Å². The minimum Gasteiger partial charge on any atom is -0.438 e. The molecule has 0 unspecified atom stereocenters. The molecule has 0 saturated carbocycles. The Hall–Kier alpha value is -3.46. The molecule has 0 aliphatic carbocycles. The van der Waals surface area contributed by atoms with E-state index >= 15 is 0 Å². The van der Waals surface area contributed by atoms with E-state index in [-0.39, 0.29) is 11.1 Å². The van der Waals surface area contributed by atoms with Crippen LogP contribution in [0.15, 0.2) is 53.7 Å². The normalized spacial score (nSPS) is 10.1. The summed E-state index contributed by atoms with van der Waals surface area (Å²) >= 11 is 0. The maximum Gasteiger partial charge on any atom is 0.266 e. The van der Waals surface area contributed by atoms with Crippen LogP contribution in [-0.4, -0.2) is 15.0 Å². The Balaban J connectivity index is 1.95. The molecule has 3 aromatic rings. The highest BCUT2D eigenvalue weighted by atomic mass is 16.5. The molecule has 2 aromatic heterocycles. The lowest BCUT2D eigenvalue weighted by Gasteiger charge is -2.07. The summed E-state index contributed by atoms with van der Waals surface area (Å²) in [6, 6.07) is 10.8. The van der Waals surface area contributed by atoms with Crippen molar-refractivity contribution in [2.24, 2.45) is 0 Å². The fourth-order valence-electron chi connectivity index (χ4n) is 2.19. The summed E-state index contributed by atoms with van der Waals surface area (Å²) in [7, 11) is 0. The van der Waals surface area contributed by atoms with Gasteiger partial charge in [0.2, 0.25) is 5.88 Å². The van der Waals surface area contributed by atoms with Gasteiger partial charge in [0.1, 0.15) is 17.4 Å². The van der Waals surface area contributed by atoms with Gasteiger partial charge in [-0.05, 0) is 30.7 Å². The van der Waals surface area contributed by atoms with E-state index in [1.807, 2.05) is 6.07 Å². The van der Waals surface area contributed by atoms with Crippen molar-refractivity contribution < 1.29 is 4.74 Å². The average molecular weight is 304 g/mol. The topological polar surface area (TPSA) is 91.7 Å². The number of hydrogen-bond acceptors (Lipinski definition) is 5. The van der Waals surface area contributed by atoms with Crippen LogP contribution >= 0.6 is 0 Å². The molecule has 0 atom stereocenters. The SMILES string of the molecule is Cc1cc(-c2ccc(Oc3cnccn3)cc2)c(C#N)c(=O)[nH]1. The maximum atomic E-state index is 11.9. The molecule has 3 rings (SSSR count). The summed E-state index contributed by atoms with van der Waals surface area (Å²) in [5, 5.41) is 9.19. The van der Waals surface area contributed by atoms with Gasteiger partial charge in [-0.2, -0.15) is 5.26 Å². The fraction of sp³-hybridized carbons (Fsp3) is 0.0588. The van der Waals surface area contributed by atoms with Crippen molar-refractivity contribution in [2.45, 2.75) is 6.92 Å². The van der Waals surface area contributed by atoms with Gasteiger partial charge < -0.3 is 9.72 Å². The Kier molecular flexibility index (Phi) is 3.85. The molecular weight excluding hydrogens is 292 g/mol. The number of ether oxygens (including phenoxy) is 1. The zero-order valence-electron chi connectivity index (χ0n) is 12.3. The van der Waals surface area contributed by atoms with Crippen LogP contribution in [0.4, 0.5) is 0 Å². The lowest BCUT2D eigenvalue weighted by atomic mass is 10.0. The molecular formula is C17H12N4O2. The number of hydrogen-bond donors (Lipinski definition) is 1. The lowest BCUT2D eigenvalue weighted by molar-refractivity contribution is 0.460. The lowest BCUT2D eigenvalue weighted by Crippen LogP contribution is -2.12. The van der Waals surface area contributed by atoms with Crippen molar-refractivity contribution in [2.75, 3.05) is 0 Å². The molecule has 6 heteroatoms. The van der Waals surface area contributed by atoms with Crippen LogP contribution in [0.1, 0.15) is 11.3 Å². The molecule has 1 aromatic carbocycles. The first kappa shape index (κ1) is 14.5. The largest absolute Gasteiger partial charge is 0.438 e. The summed E-state index contributed by atoms with van der Waals surface area (Å²) in [4.78, 5) is 22.4. The van der Waals surface area contributed by atoms with Crippen molar-refractivity contribution in [1.29, 1.82) is 5.26 Å². The molecule has 0 amide bonds. The molecule has 0 aliphatic heterocycles. The van der Waals surface area contributed by atoms with Crippen molar-refractivity contribution in [1.82, 2.24) is 15.0 Å². The van der Waals surface area contributed by atoms with Gasteiger partial charge in [0, 0.05) is 23.7 Å². The summed E-state index contributed by atoms with van der Waals surface area (Å²) in [5.41, 5.74) is 1.77. The summed E-state index contributed by atoms with van der Waals surface area (Å²) < 4.78 is 5.57. The van der Waals surface area contributed by atoms with Crippen LogP contribution in [-0.2, 0) is 0 Å². The van der Waals surface area contributed by atoms with E-state index in [9.17, 15) is 10.1 Å². The second kappa shape index (κ2) is 6.12. The number of pyridine rings is 1. The molecule has 0 bridgehead atoms. The standard InChI is InChI=1S/C17H12N4O2/c1-11-8-14(15(9-18)17(22)21-11)12-2-4-13(5-3-12)23-16-10-19-6-7-20-16/h2-8,10H,1H3,(H,21,22). The first-order valence-corrected chi connectivity index (χ1v) is 6.85. The number of aromatic nitrogens is 3. The molecule has 0 radical (unpaired) electrons. The molecule has 1 N–H and O–H groups in total. The van der Waals surface area contributed by atoms with E-state index in [4.69, 9.17) is 4.74 Å². The van der Waals surface area contributed by atoms with Crippen molar-refractivity contribution >= 4 is 0 Å². The van der Waals surface area contributed by atoms with Gasteiger partial charge in [-0.25, -0.2) is 4.98 Å². The molecule has 6 nitrogen and oxygen atoms in total. The quantitative estimate of drug-likeness (QED) is 0.803. The maximum absolute atomic E-state index is 11.9. The van der Waals surface area contributed by atoms with Gasteiger partial charge in [-0.15, -0.1) is 0 Å². The molecule has 112 valence electrons. The number of nitrogens with zero attached hydrogens (tertiary/aromatic N) is 3. The molecule has 2 heterocycles.